The van der Waals surface area contributed by atoms with Gasteiger partial charge in [-0.05, 0) is 49.7 Å². The van der Waals surface area contributed by atoms with Gasteiger partial charge >= 0.3 is 0 Å². The van der Waals surface area contributed by atoms with Gasteiger partial charge < -0.3 is 0 Å². The number of hydrogen-bond acceptors (Lipinski definition) is 6. The van der Waals surface area contributed by atoms with E-state index in [1.165, 1.54) is 0 Å². The van der Waals surface area contributed by atoms with Crippen molar-refractivity contribution in [3.05, 3.63) is 121 Å². The summed E-state index contributed by atoms with van der Waals surface area (Å²) in [7, 11) is 0. The van der Waals surface area contributed by atoms with E-state index in [4.69, 9.17) is 24.9 Å². The molecule has 6 nitrogen and oxygen atoms in total. The predicted octanol–water partition coefficient (Wildman–Crippen LogP) is 7.65. The summed E-state index contributed by atoms with van der Waals surface area (Å²) in [5, 5.41) is 2.19. The average Bonchev–Trinajstić information content (AvgIpc) is 3.01. The number of benzene rings is 3. The van der Waals surface area contributed by atoms with Crippen LogP contribution in [0.5, 0.6) is 0 Å². The van der Waals surface area contributed by atoms with Crippen molar-refractivity contribution in [2.24, 2.45) is 0 Å². The van der Waals surface area contributed by atoms with Crippen LogP contribution < -0.4 is 0 Å². The lowest BCUT2D eigenvalue weighted by Gasteiger charge is -2.11. The third-order valence-corrected chi connectivity index (χ3v) is 6.96. The Hall–Kier alpha value is -5.36. The Morgan fingerprint density at radius 2 is 1.20 bits per heavy atom. The van der Waals surface area contributed by atoms with E-state index < -0.39 is 0 Å². The van der Waals surface area contributed by atoms with E-state index in [-0.39, 0.29) is 0 Å². The molecule has 7 rings (SSSR count). The summed E-state index contributed by atoms with van der Waals surface area (Å²) in [5.41, 5.74) is 8.30. The van der Waals surface area contributed by atoms with E-state index in [1.54, 1.807) is 6.20 Å². The van der Waals surface area contributed by atoms with E-state index >= 15 is 0 Å². The average molecular weight is 517 g/mol. The van der Waals surface area contributed by atoms with Gasteiger partial charge in [0.05, 0.1) is 16.7 Å². The van der Waals surface area contributed by atoms with Gasteiger partial charge in [0.1, 0.15) is 5.69 Å². The van der Waals surface area contributed by atoms with E-state index in [2.05, 4.69) is 48.3 Å². The number of aromatic nitrogens is 6. The smallest absolute Gasteiger partial charge is 0.182 e. The number of aryl methyl sites for hydroxylation is 2. The molecule has 4 aromatic heterocycles. The maximum Gasteiger partial charge on any atom is 0.182 e. The molecule has 0 saturated heterocycles. The second kappa shape index (κ2) is 9.75. The van der Waals surface area contributed by atoms with Crippen molar-refractivity contribution in [3.63, 3.8) is 0 Å². The Morgan fingerprint density at radius 1 is 0.475 bits per heavy atom. The lowest BCUT2D eigenvalue weighted by Crippen LogP contribution is -2.01. The Bertz CT molecular complexity index is 1960. The molecule has 0 N–H and O–H groups in total. The Labute approximate surface area is 231 Å². The van der Waals surface area contributed by atoms with Crippen LogP contribution >= 0.6 is 0 Å². The van der Waals surface area contributed by atoms with Gasteiger partial charge in [-0.15, -0.1) is 0 Å². The van der Waals surface area contributed by atoms with Crippen molar-refractivity contribution in [2.45, 2.75) is 13.8 Å². The van der Waals surface area contributed by atoms with Crippen LogP contribution in [0.4, 0.5) is 0 Å². The fourth-order valence-corrected chi connectivity index (χ4v) is 4.93. The molecule has 0 saturated carbocycles. The van der Waals surface area contributed by atoms with Crippen molar-refractivity contribution in [3.8, 4) is 45.6 Å². The van der Waals surface area contributed by atoms with Crippen LogP contribution in [0.1, 0.15) is 11.3 Å². The molecular formula is C34H24N6. The molecule has 0 amide bonds. The molecule has 0 aliphatic rings. The SMILES string of the molecule is Cc1ccc2ccc3c(C)cc(-c4cccc(-c5nc(-c6ccccc6)nc(-c6ccccn6)n5)c4)nc3c2n1. The monoisotopic (exact) mass is 516 g/mol. The molecule has 3 aromatic carbocycles. The topological polar surface area (TPSA) is 77.3 Å². The van der Waals surface area contributed by atoms with Gasteiger partial charge in [-0.2, -0.15) is 0 Å². The van der Waals surface area contributed by atoms with E-state index in [0.29, 0.717) is 23.2 Å². The van der Waals surface area contributed by atoms with Crippen LogP contribution in [0.25, 0.3) is 67.4 Å². The van der Waals surface area contributed by atoms with Gasteiger partial charge in [0, 0.05) is 39.4 Å². The molecule has 7 aromatic rings. The third kappa shape index (κ3) is 4.35. The fraction of sp³-hybridized carbons (Fsp3) is 0.0588. The van der Waals surface area contributed by atoms with Crippen molar-refractivity contribution < 1.29 is 0 Å². The molecule has 0 aliphatic carbocycles. The molecule has 0 bridgehead atoms. The van der Waals surface area contributed by atoms with Crippen molar-refractivity contribution >= 4 is 21.8 Å². The molecule has 40 heavy (non-hydrogen) atoms. The minimum absolute atomic E-state index is 0.530. The van der Waals surface area contributed by atoms with E-state index in [9.17, 15) is 0 Å². The first-order valence-electron chi connectivity index (χ1n) is 13.1. The highest BCUT2D eigenvalue weighted by molar-refractivity contribution is 6.04. The molecule has 0 fully saturated rings. The number of nitrogens with zero attached hydrogens (tertiary/aromatic N) is 6. The Balaban J connectivity index is 1.39. The summed E-state index contributed by atoms with van der Waals surface area (Å²) in [4.78, 5) is 28.9. The third-order valence-electron chi connectivity index (χ3n) is 6.96. The first-order chi connectivity index (χ1) is 19.6. The molecule has 0 radical (unpaired) electrons. The van der Waals surface area contributed by atoms with Crippen molar-refractivity contribution in [2.75, 3.05) is 0 Å². The number of hydrogen-bond donors (Lipinski definition) is 0. The van der Waals surface area contributed by atoms with Crippen LogP contribution in [0, 0.1) is 13.8 Å². The molecule has 0 atom stereocenters. The quantitative estimate of drug-likeness (QED) is 0.224. The van der Waals surface area contributed by atoms with Gasteiger partial charge in [-0.1, -0.05) is 72.8 Å². The highest BCUT2D eigenvalue weighted by Crippen LogP contribution is 2.31. The molecule has 0 unspecified atom stereocenters. The van der Waals surface area contributed by atoms with Crippen molar-refractivity contribution in [1.29, 1.82) is 0 Å². The van der Waals surface area contributed by atoms with Gasteiger partial charge in [0.15, 0.2) is 17.5 Å². The number of pyridine rings is 3. The van der Waals surface area contributed by atoms with E-state index in [1.807, 2.05) is 73.7 Å². The zero-order chi connectivity index (χ0) is 27.1. The Morgan fingerprint density at radius 3 is 2.02 bits per heavy atom. The van der Waals surface area contributed by atoms with Crippen LogP contribution in [-0.4, -0.2) is 29.9 Å². The first kappa shape index (κ1) is 23.7. The minimum Gasteiger partial charge on any atom is -0.253 e. The zero-order valence-corrected chi connectivity index (χ0v) is 22.1. The Kier molecular flexibility index (Phi) is 5.78. The lowest BCUT2D eigenvalue weighted by molar-refractivity contribution is 1.06. The molecule has 6 heteroatoms. The van der Waals surface area contributed by atoms with Crippen LogP contribution in [0.15, 0.2) is 109 Å². The van der Waals surface area contributed by atoms with Crippen LogP contribution in [-0.2, 0) is 0 Å². The largest absolute Gasteiger partial charge is 0.253 e. The number of rotatable bonds is 4. The summed E-state index contributed by atoms with van der Waals surface area (Å²) in [5.74, 6) is 1.71. The van der Waals surface area contributed by atoms with Gasteiger partial charge in [0.25, 0.3) is 0 Å². The number of fused-ring (bicyclic) bond motifs is 3. The van der Waals surface area contributed by atoms with Crippen LogP contribution in [0.3, 0.4) is 0 Å². The molecular weight excluding hydrogens is 492 g/mol. The van der Waals surface area contributed by atoms with Gasteiger partial charge in [0.2, 0.25) is 0 Å². The first-order valence-corrected chi connectivity index (χ1v) is 13.1. The van der Waals surface area contributed by atoms with E-state index in [0.717, 1.165) is 55.4 Å². The fourth-order valence-electron chi connectivity index (χ4n) is 4.93. The summed E-state index contributed by atoms with van der Waals surface area (Å²) in [6, 6.07) is 34.4. The normalized spacial score (nSPS) is 11.2. The zero-order valence-electron chi connectivity index (χ0n) is 22.1. The standard InChI is InChI=1S/C34H24N6/c1-21-19-29(37-31-27(21)17-16-23-15-14-22(2)36-30(23)31)25-11-8-12-26(20-25)33-38-32(24-9-4-3-5-10-24)39-34(40-33)28-13-6-7-18-35-28/h3-20H,1-2H3. The predicted molar refractivity (Wildman–Crippen MR) is 159 cm³/mol. The summed E-state index contributed by atoms with van der Waals surface area (Å²) in [6.45, 7) is 4.13. The summed E-state index contributed by atoms with van der Waals surface area (Å²) >= 11 is 0. The summed E-state index contributed by atoms with van der Waals surface area (Å²) in [6.07, 6.45) is 1.75. The maximum absolute atomic E-state index is 5.11. The summed E-state index contributed by atoms with van der Waals surface area (Å²) < 4.78 is 0. The molecule has 0 aliphatic heterocycles. The maximum atomic E-state index is 5.11. The minimum atomic E-state index is 0.530. The second-order valence-corrected chi connectivity index (χ2v) is 9.78. The molecule has 190 valence electrons. The van der Waals surface area contributed by atoms with Crippen LogP contribution in [0.2, 0.25) is 0 Å². The second-order valence-electron chi connectivity index (χ2n) is 9.78. The van der Waals surface area contributed by atoms with Gasteiger partial charge in [-0.25, -0.2) is 19.9 Å². The molecule has 0 spiro atoms. The van der Waals surface area contributed by atoms with Gasteiger partial charge in [-0.3, -0.25) is 9.97 Å². The highest BCUT2D eigenvalue weighted by Gasteiger charge is 2.15. The lowest BCUT2D eigenvalue weighted by atomic mass is 10.0. The molecule has 4 heterocycles. The van der Waals surface area contributed by atoms with Crippen molar-refractivity contribution in [1.82, 2.24) is 29.9 Å². The highest BCUT2D eigenvalue weighted by atomic mass is 15.0.